The predicted molar refractivity (Wildman–Crippen MR) is 164 cm³/mol. The van der Waals surface area contributed by atoms with Crippen LogP contribution in [-0.4, -0.2) is 89.9 Å². The topological polar surface area (TPSA) is 85.0 Å². The highest BCUT2D eigenvalue weighted by molar-refractivity contribution is 6.30. The van der Waals surface area contributed by atoms with Crippen LogP contribution < -0.4 is 10.6 Å². The van der Waals surface area contributed by atoms with Gasteiger partial charge in [-0.25, -0.2) is 4.79 Å². The number of carbonyl (C=O) groups is 3. The Labute approximate surface area is 251 Å². The van der Waals surface area contributed by atoms with Crippen molar-refractivity contribution in [1.29, 1.82) is 0 Å². The van der Waals surface area contributed by atoms with E-state index in [1.165, 1.54) is 19.3 Å². The van der Waals surface area contributed by atoms with Gasteiger partial charge in [-0.2, -0.15) is 0 Å². The van der Waals surface area contributed by atoms with Crippen molar-refractivity contribution in [3.05, 3.63) is 34.9 Å². The lowest BCUT2D eigenvalue weighted by Gasteiger charge is -2.48. The van der Waals surface area contributed by atoms with Crippen molar-refractivity contribution in [3.63, 3.8) is 0 Å². The molecule has 228 valence electrons. The van der Waals surface area contributed by atoms with Gasteiger partial charge in [0.15, 0.2) is 0 Å². The van der Waals surface area contributed by atoms with E-state index in [2.05, 4.69) is 22.5 Å². The largest absolute Gasteiger partial charge is 0.354 e. The molecule has 2 N–H and O–H groups in total. The Morgan fingerprint density at radius 3 is 2.17 bits per heavy atom. The molecule has 3 aliphatic rings. The number of hydrogen-bond acceptors (Lipinski definition) is 4. The first-order valence-electron chi connectivity index (χ1n) is 15.7. The number of hydrogen-bond donors (Lipinski definition) is 2. The zero-order valence-corrected chi connectivity index (χ0v) is 26.2. The molecule has 1 aliphatic heterocycles. The van der Waals surface area contributed by atoms with Crippen LogP contribution in [0.1, 0.15) is 83.6 Å². The van der Waals surface area contributed by atoms with Gasteiger partial charge in [0.25, 0.3) is 0 Å². The van der Waals surface area contributed by atoms with Gasteiger partial charge >= 0.3 is 6.03 Å². The molecule has 2 aliphatic carbocycles. The molecule has 0 spiro atoms. The third-order valence-corrected chi connectivity index (χ3v) is 9.58. The molecular formula is C32H50ClN5O3. The van der Waals surface area contributed by atoms with Crippen LogP contribution >= 0.6 is 11.6 Å². The monoisotopic (exact) mass is 587 g/mol. The van der Waals surface area contributed by atoms with Gasteiger partial charge in [-0.1, -0.05) is 49.9 Å². The molecule has 1 aromatic rings. The Morgan fingerprint density at radius 1 is 0.951 bits per heavy atom. The van der Waals surface area contributed by atoms with Crippen molar-refractivity contribution in [2.75, 3.05) is 27.2 Å². The lowest BCUT2D eigenvalue weighted by Crippen LogP contribution is -2.60. The first-order valence-corrected chi connectivity index (χ1v) is 16.1. The average Bonchev–Trinajstić information content (AvgIpc) is 2.95. The molecule has 1 heterocycles. The SMILES string of the molecule is CC(=O)NC1CCC(N[C@H](Cc2ccc(Cl)cc2)C(=O)N2CC[C@@H](N(C(=O)N(C)C)C3CCCCC3)[C@H](C)C2)CC1. The predicted octanol–water partition coefficient (Wildman–Crippen LogP) is 4.84. The number of benzene rings is 1. The van der Waals surface area contributed by atoms with E-state index in [0.29, 0.717) is 30.6 Å². The lowest BCUT2D eigenvalue weighted by molar-refractivity contribution is -0.136. The number of nitrogens with zero attached hydrogens (tertiary/aromatic N) is 3. The first-order chi connectivity index (χ1) is 19.6. The van der Waals surface area contributed by atoms with Crippen LogP contribution in [0.15, 0.2) is 24.3 Å². The number of amides is 4. The molecule has 4 rings (SSSR count). The molecular weight excluding hydrogens is 538 g/mol. The first kappa shape index (κ1) is 31.6. The van der Waals surface area contributed by atoms with E-state index < -0.39 is 0 Å². The zero-order chi connectivity index (χ0) is 29.5. The van der Waals surface area contributed by atoms with Crippen LogP contribution in [-0.2, 0) is 16.0 Å². The number of halogens is 1. The standard InChI is InChI=1S/C32H50ClN5O3/c1-22-21-37(19-18-30(22)38(32(41)36(3)4)28-8-6-5-7-9-28)31(40)29(20-24-10-12-25(33)13-11-24)35-27-16-14-26(15-17-27)34-23(2)39/h10-13,22,26-30,35H,5-9,14-21H2,1-4H3,(H,34,39)/t22-,26?,27?,29-,30-/m1/s1. The van der Waals surface area contributed by atoms with Crippen LogP contribution in [0.25, 0.3) is 0 Å². The van der Waals surface area contributed by atoms with Crippen molar-refractivity contribution in [2.45, 2.75) is 115 Å². The molecule has 4 amide bonds. The summed E-state index contributed by atoms with van der Waals surface area (Å²) in [5, 5.41) is 7.45. The summed E-state index contributed by atoms with van der Waals surface area (Å²) in [5.41, 5.74) is 1.08. The Kier molecular flexibility index (Phi) is 11.4. The molecule has 0 aromatic heterocycles. The van der Waals surface area contributed by atoms with Crippen LogP contribution in [0, 0.1) is 5.92 Å². The Hall–Kier alpha value is -2.32. The Morgan fingerprint density at radius 2 is 1.59 bits per heavy atom. The molecule has 0 radical (unpaired) electrons. The lowest BCUT2D eigenvalue weighted by atomic mass is 9.87. The third-order valence-electron chi connectivity index (χ3n) is 9.32. The summed E-state index contributed by atoms with van der Waals surface area (Å²) in [4.78, 5) is 44.9. The second kappa shape index (κ2) is 14.7. The average molecular weight is 588 g/mol. The van der Waals surface area contributed by atoms with E-state index in [1.807, 2.05) is 43.3 Å². The molecule has 2 saturated carbocycles. The quantitative estimate of drug-likeness (QED) is 0.456. The van der Waals surface area contributed by atoms with Crippen molar-refractivity contribution < 1.29 is 14.4 Å². The zero-order valence-electron chi connectivity index (χ0n) is 25.4. The number of piperidine rings is 1. The van der Waals surface area contributed by atoms with E-state index in [-0.39, 0.29) is 47.9 Å². The molecule has 3 atom stereocenters. The number of urea groups is 1. The summed E-state index contributed by atoms with van der Waals surface area (Å²) in [6.45, 7) is 5.08. The van der Waals surface area contributed by atoms with Gasteiger partial charge in [-0.05, 0) is 75.0 Å². The minimum absolute atomic E-state index is 0.0176. The second-order valence-corrected chi connectivity index (χ2v) is 13.2. The van der Waals surface area contributed by atoms with Gasteiger partial charge in [0.05, 0.1) is 6.04 Å². The van der Waals surface area contributed by atoms with E-state index >= 15 is 0 Å². The Balaban J connectivity index is 1.44. The molecule has 3 fully saturated rings. The summed E-state index contributed by atoms with van der Waals surface area (Å²) in [6.07, 6.45) is 10.8. The maximum Gasteiger partial charge on any atom is 0.319 e. The summed E-state index contributed by atoms with van der Waals surface area (Å²) in [7, 11) is 3.69. The van der Waals surface area contributed by atoms with Crippen LogP contribution in [0.3, 0.4) is 0 Å². The number of nitrogens with one attached hydrogen (secondary N) is 2. The fourth-order valence-electron chi connectivity index (χ4n) is 7.18. The van der Waals surface area contributed by atoms with Gasteiger partial charge in [0.2, 0.25) is 11.8 Å². The highest BCUT2D eigenvalue weighted by Gasteiger charge is 2.40. The summed E-state index contributed by atoms with van der Waals surface area (Å²) in [6, 6.07) is 8.42. The highest BCUT2D eigenvalue weighted by atomic mass is 35.5. The number of likely N-dealkylation sites (tertiary alicyclic amines) is 1. The van der Waals surface area contributed by atoms with Gasteiger partial charge in [0.1, 0.15) is 0 Å². The van der Waals surface area contributed by atoms with Gasteiger partial charge < -0.3 is 25.3 Å². The van der Waals surface area contributed by atoms with E-state index in [1.54, 1.807) is 11.8 Å². The van der Waals surface area contributed by atoms with E-state index in [9.17, 15) is 14.4 Å². The minimum atomic E-state index is -0.333. The summed E-state index contributed by atoms with van der Waals surface area (Å²) < 4.78 is 0. The minimum Gasteiger partial charge on any atom is -0.354 e. The normalized spacial score (nSPS) is 26.2. The smallest absolute Gasteiger partial charge is 0.319 e. The molecule has 0 unspecified atom stereocenters. The van der Waals surface area contributed by atoms with Gasteiger partial charge in [-0.3, -0.25) is 9.59 Å². The number of carbonyl (C=O) groups excluding carboxylic acids is 3. The molecule has 41 heavy (non-hydrogen) atoms. The summed E-state index contributed by atoms with van der Waals surface area (Å²) >= 11 is 6.14. The van der Waals surface area contributed by atoms with E-state index in [0.717, 1.165) is 50.5 Å². The molecule has 1 aromatic carbocycles. The van der Waals surface area contributed by atoms with Crippen molar-refractivity contribution in [2.24, 2.45) is 5.92 Å². The summed E-state index contributed by atoms with van der Waals surface area (Å²) in [5.74, 6) is 0.351. The molecule has 9 heteroatoms. The molecule has 0 bridgehead atoms. The maximum absolute atomic E-state index is 14.1. The van der Waals surface area contributed by atoms with E-state index in [4.69, 9.17) is 11.6 Å². The van der Waals surface area contributed by atoms with Gasteiger partial charge in [-0.15, -0.1) is 0 Å². The molecule has 8 nitrogen and oxygen atoms in total. The van der Waals surface area contributed by atoms with Crippen LogP contribution in [0.4, 0.5) is 4.79 Å². The van der Waals surface area contributed by atoms with Crippen molar-refractivity contribution in [1.82, 2.24) is 25.3 Å². The maximum atomic E-state index is 14.1. The highest BCUT2D eigenvalue weighted by Crippen LogP contribution is 2.31. The van der Waals surface area contributed by atoms with Crippen LogP contribution in [0.2, 0.25) is 5.02 Å². The Bertz CT molecular complexity index is 1020. The van der Waals surface area contributed by atoms with Crippen molar-refractivity contribution >= 4 is 29.4 Å². The van der Waals surface area contributed by atoms with Crippen LogP contribution in [0.5, 0.6) is 0 Å². The fourth-order valence-corrected chi connectivity index (χ4v) is 7.30. The fraction of sp³-hybridized carbons (Fsp3) is 0.719. The number of rotatable bonds is 8. The third kappa shape index (κ3) is 8.60. The van der Waals surface area contributed by atoms with Gasteiger partial charge in [0, 0.05) is 63.3 Å². The van der Waals surface area contributed by atoms with Crippen molar-refractivity contribution in [3.8, 4) is 0 Å². The second-order valence-electron chi connectivity index (χ2n) is 12.8. The molecule has 1 saturated heterocycles.